The van der Waals surface area contributed by atoms with Crippen molar-refractivity contribution < 1.29 is 9.21 Å². The molecule has 8 heteroatoms. The largest absolute Gasteiger partial charge is 0.422 e. The predicted octanol–water partition coefficient (Wildman–Crippen LogP) is 3.95. The molecule has 0 spiro atoms. The van der Waals surface area contributed by atoms with Crippen molar-refractivity contribution in [3.8, 4) is 0 Å². The molecule has 2 N–H and O–H groups in total. The van der Waals surface area contributed by atoms with Gasteiger partial charge in [-0.15, -0.1) is 0 Å². The number of benzene rings is 2. The normalized spacial score (nSPS) is 10.7. The standard InChI is InChI=1S/C23H21N5O3/c1-14-24-20(13-21(25-14)28(2)3)26-16-8-10-17(11-9-16)27-22(29)18-12-15-6-4-5-7-19(15)31-23(18)30/h4-13H,1-3H3,(H,27,29)(H,24,25,26). The molecule has 0 saturated heterocycles. The van der Waals surface area contributed by atoms with Crippen molar-refractivity contribution in [2.24, 2.45) is 0 Å². The highest BCUT2D eigenvalue weighted by molar-refractivity contribution is 6.05. The molecule has 0 aliphatic heterocycles. The van der Waals surface area contributed by atoms with E-state index in [1.165, 1.54) is 6.07 Å². The first kappa shape index (κ1) is 20.1. The first-order chi connectivity index (χ1) is 14.9. The third kappa shape index (κ3) is 4.53. The number of nitrogens with one attached hydrogen (secondary N) is 2. The first-order valence-corrected chi connectivity index (χ1v) is 9.63. The van der Waals surface area contributed by atoms with Crippen molar-refractivity contribution in [2.45, 2.75) is 6.92 Å². The second-order valence-corrected chi connectivity index (χ2v) is 7.19. The highest BCUT2D eigenvalue weighted by atomic mass is 16.4. The Bertz CT molecular complexity index is 1310. The number of para-hydroxylation sites is 1. The van der Waals surface area contributed by atoms with Gasteiger partial charge in [-0.05, 0) is 43.3 Å². The number of nitrogens with zero attached hydrogens (tertiary/aromatic N) is 3. The SMILES string of the molecule is Cc1nc(Nc2ccc(NC(=O)c3cc4ccccc4oc3=O)cc2)cc(N(C)C)n1. The fourth-order valence-corrected chi connectivity index (χ4v) is 3.05. The van der Waals surface area contributed by atoms with Gasteiger partial charge >= 0.3 is 5.63 Å². The lowest BCUT2D eigenvalue weighted by atomic mass is 10.1. The van der Waals surface area contributed by atoms with E-state index in [2.05, 4.69) is 20.6 Å². The van der Waals surface area contributed by atoms with Gasteiger partial charge in [0.2, 0.25) is 0 Å². The molecule has 0 fully saturated rings. The van der Waals surface area contributed by atoms with Crippen LogP contribution in [0.2, 0.25) is 0 Å². The van der Waals surface area contributed by atoms with E-state index >= 15 is 0 Å². The van der Waals surface area contributed by atoms with Gasteiger partial charge in [0.1, 0.15) is 28.6 Å². The summed E-state index contributed by atoms with van der Waals surface area (Å²) in [7, 11) is 3.83. The Morgan fingerprint density at radius 2 is 1.68 bits per heavy atom. The Kier molecular flexibility index (Phi) is 5.36. The summed E-state index contributed by atoms with van der Waals surface area (Å²) in [6.07, 6.45) is 0. The summed E-state index contributed by atoms with van der Waals surface area (Å²) < 4.78 is 5.23. The molecule has 0 atom stereocenters. The van der Waals surface area contributed by atoms with E-state index < -0.39 is 11.5 Å². The van der Waals surface area contributed by atoms with Crippen LogP contribution >= 0.6 is 0 Å². The number of carbonyl (C=O) groups is 1. The van der Waals surface area contributed by atoms with Crippen molar-refractivity contribution in [1.29, 1.82) is 0 Å². The highest BCUT2D eigenvalue weighted by Gasteiger charge is 2.14. The number of fused-ring (bicyclic) bond motifs is 1. The maximum absolute atomic E-state index is 12.6. The maximum Gasteiger partial charge on any atom is 0.349 e. The summed E-state index contributed by atoms with van der Waals surface area (Å²) in [4.78, 5) is 35.4. The lowest BCUT2D eigenvalue weighted by Crippen LogP contribution is -2.20. The van der Waals surface area contributed by atoms with Crippen LogP contribution in [0.1, 0.15) is 16.2 Å². The molecule has 0 radical (unpaired) electrons. The van der Waals surface area contributed by atoms with Crippen molar-refractivity contribution in [3.63, 3.8) is 0 Å². The van der Waals surface area contributed by atoms with Gasteiger partial charge in [-0.3, -0.25) is 4.79 Å². The summed E-state index contributed by atoms with van der Waals surface area (Å²) in [5, 5.41) is 6.64. The molecule has 0 aliphatic rings. The topological polar surface area (TPSA) is 100 Å². The third-order valence-electron chi connectivity index (χ3n) is 4.58. The number of amides is 1. The molecule has 4 rings (SSSR count). The fraction of sp³-hybridized carbons (Fsp3) is 0.130. The van der Waals surface area contributed by atoms with Crippen LogP contribution in [-0.2, 0) is 0 Å². The number of aromatic nitrogens is 2. The summed E-state index contributed by atoms with van der Waals surface area (Å²) >= 11 is 0. The number of hydrogen-bond donors (Lipinski definition) is 2. The molecule has 31 heavy (non-hydrogen) atoms. The molecular formula is C23H21N5O3. The van der Waals surface area contributed by atoms with E-state index in [4.69, 9.17) is 4.42 Å². The third-order valence-corrected chi connectivity index (χ3v) is 4.58. The molecule has 0 bridgehead atoms. The average Bonchev–Trinajstić information content (AvgIpc) is 2.74. The van der Waals surface area contributed by atoms with Crippen molar-refractivity contribution in [3.05, 3.63) is 82.5 Å². The molecule has 2 heterocycles. The summed E-state index contributed by atoms with van der Waals surface area (Å²) in [5.41, 5.74) is 1.07. The Hall–Kier alpha value is -4.20. The maximum atomic E-state index is 12.6. The lowest BCUT2D eigenvalue weighted by Gasteiger charge is -2.14. The van der Waals surface area contributed by atoms with Gasteiger partial charge < -0.3 is 20.0 Å². The average molecular weight is 415 g/mol. The van der Waals surface area contributed by atoms with E-state index in [1.54, 1.807) is 30.3 Å². The number of hydrogen-bond acceptors (Lipinski definition) is 7. The summed E-state index contributed by atoms with van der Waals surface area (Å²) in [6.45, 7) is 1.83. The number of carbonyl (C=O) groups excluding carboxylic acids is 1. The molecule has 0 unspecified atom stereocenters. The zero-order valence-electron chi connectivity index (χ0n) is 17.3. The van der Waals surface area contributed by atoms with E-state index in [0.29, 0.717) is 28.3 Å². The van der Waals surface area contributed by atoms with E-state index in [1.807, 2.05) is 50.2 Å². The van der Waals surface area contributed by atoms with Crippen molar-refractivity contribution in [1.82, 2.24) is 9.97 Å². The molecule has 1 amide bonds. The van der Waals surface area contributed by atoms with Gasteiger partial charge in [-0.1, -0.05) is 18.2 Å². The second kappa shape index (κ2) is 8.27. The first-order valence-electron chi connectivity index (χ1n) is 9.63. The number of rotatable bonds is 5. The predicted molar refractivity (Wildman–Crippen MR) is 121 cm³/mol. The van der Waals surface area contributed by atoms with Crippen LogP contribution in [0.15, 0.2) is 69.9 Å². The van der Waals surface area contributed by atoms with Crippen LogP contribution < -0.4 is 21.2 Å². The van der Waals surface area contributed by atoms with E-state index in [9.17, 15) is 9.59 Å². The van der Waals surface area contributed by atoms with E-state index in [0.717, 1.165) is 11.5 Å². The van der Waals surface area contributed by atoms with Crippen LogP contribution in [-0.4, -0.2) is 30.0 Å². The van der Waals surface area contributed by atoms with Crippen molar-refractivity contribution >= 4 is 39.9 Å². The summed E-state index contributed by atoms with van der Waals surface area (Å²) in [6, 6.07) is 17.5. The van der Waals surface area contributed by atoms with Crippen molar-refractivity contribution in [2.75, 3.05) is 29.6 Å². The van der Waals surface area contributed by atoms with Gasteiger partial charge in [0, 0.05) is 36.9 Å². The molecular weight excluding hydrogens is 394 g/mol. The minimum Gasteiger partial charge on any atom is -0.422 e. The Morgan fingerprint density at radius 3 is 2.42 bits per heavy atom. The van der Waals surface area contributed by atoms with Crippen LogP contribution in [0.25, 0.3) is 11.0 Å². The van der Waals surface area contributed by atoms with Crippen LogP contribution in [0, 0.1) is 6.92 Å². The van der Waals surface area contributed by atoms with Crippen LogP contribution in [0.4, 0.5) is 23.0 Å². The minimum atomic E-state index is -0.676. The fourth-order valence-electron chi connectivity index (χ4n) is 3.05. The quantitative estimate of drug-likeness (QED) is 0.476. The lowest BCUT2D eigenvalue weighted by molar-refractivity contribution is 0.102. The van der Waals surface area contributed by atoms with Gasteiger partial charge in [0.15, 0.2) is 0 Å². The Balaban J connectivity index is 1.50. The molecule has 4 aromatic rings. The second-order valence-electron chi connectivity index (χ2n) is 7.19. The van der Waals surface area contributed by atoms with Crippen LogP contribution in [0.3, 0.4) is 0 Å². The Labute approximate surface area is 178 Å². The van der Waals surface area contributed by atoms with Gasteiger partial charge in [0.25, 0.3) is 5.91 Å². The monoisotopic (exact) mass is 415 g/mol. The van der Waals surface area contributed by atoms with Crippen LogP contribution in [0.5, 0.6) is 0 Å². The van der Waals surface area contributed by atoms with E-state index in [-0.39, 0.29) is 5.56 Å². The highest BCUT2D eigenvalue weighted by Crippen LogP contribution is 2.21. The molecule has 2 aromatic carbocycles. The van der Waals surface area contributed by atoms with Gasteiger partial charge in [-0.25, -0.2) is 14.8 Å². The number of anilines is 4. The molecule has 2 aromatic heterocycles. The molecule has 0 aliphatic carbocycles. The minimum absolute atomic E-state index is 0.0476. The molecule has 8 nitrogen and oxygen atoms in total. The smallest absolute Gasteiger partial charge is 0.349 e. The van der Waals surface area contributed by atoms with Gasteiger partial charge in [0.05, 0.1) is 0 Å². The van der Waals surface area contributed by atoms with Gasteiger partial charge in [-0.2, -0.15) is 0 Å². The number of aryl methyl sites for hydroxylation is 1. The Morgan fingerprint density at radius 1 is 0.968 bits per heavy atom. The zero-order chi connectivity index (χ0) is 22.0. The zero-order valence-corrected chi connectivity index (χ0v) is 17.3. The molecule has 0 saturated carbocycles. The summed E-state index contributed by atoms with van der Waals surface area (Å²) in [5.74, 6) is 1.60. The molecule has 156 valence electrons.